The van der Waals surface area contributed by atoms with Gasteiger partial charge in [0.05, 0.1) is 6.04 Å². The second-order valence-electron chi connectivity index (χ2n) is 9.68. The number of ether oxygens (including phenoxy) is 1. The lowest BCUT2D eigenvalue weighted by Crippen LogP contribution is -2.51. The molecule has 2 aliphatic rings. The Labute approximate surface area is 194 Å². The molecule has 32 heavy (non-hydrogen) atoms. The molecule has 0 radical (unpaired) electrons. The molecule has 0 aliphatic heterocycles. The number of hydrogen-bond acceptors (Lipinski definition) is 6. The van der Waals surface area contributed by atoms with Gasteiger partial charge in [0.25, 0.3) is 0 Å². The number of primary amides is 2. The first-order chi connectivity index (χ1) is 14.8. The zero-order chi connectivity index (χ0) is 24.5. The van der Waals surface area contributed by atoms with E-state index in [-0.39, 0.29) is 0 Å². The van der Waals surface area contributed by atoms with Crippen molar-refractivity contribution in [3.05, 3.63) is 4.84 Å². The van der Waals surface area contributed by atoms with Gasteiger partial charge in [0.1, 0.15) is 11.7 Å². The maximum absolute atomic E-state index is 11.7. The predicted octanol–water partition coefficient (Wildman–Crippen LogP) is 1.84. The molecule has 0 spiro atoms. The highest BCUT2D eigenvalue weighted by Gasteiger charge is 2.32. The van der Waals surface area contributed by atoms with Crippen LogP contribution in [0.4, 0.5) is 4.79 Å². The smallest absolute Gasteiger partial charge is 0.407 e. The molecule has 3 amide bonds. The molecule has 2 saturated carbocycles. The molecule has 7 N–H and O–H groups in total. The molecule has 4 unspecified atom stereocenters. The highest BCUT2D eigenvalue weighted by atomic mass is 35.5. The van der Waals surface area contributed by atoms with Crippen LogP contribution in [0.15, 0.2) is 0 Å². The van der Waals surface area contributed by atoms with Crippen LogP contribution < -0.4 is 16.8 Å². The van der Waals surface area contributed by atoms with Crippen molar-refractivity contribution in [2.45, 2.75) is 102 Å². The number of aliphatic hydroxyl groups is 2. The van der Waals surface area contributed by atoms with Crippen molar-refractivity contribution < 1.29 is 29.3 Å². The van der Waals surface area contributed by atoms with Crippen LogP contribution in [-0.2, 0) is 14.3 Å². The Hall–Kier alpha value is -1.62. The second-order valence-corrected chi connectivity index (χ2v) is 9.87. The molecule has 11 heteroatoms. The molecule has 2 fully saturated rings. The van der Waals surface area contributed by atoms with Crippen molar-refractivity contribution >= 4 is 29.7 Å². The third-order valence-electron chi connectivity index (χ3n) is 5.77. The van der Waals surface area contributed by atoms with E-state index in [0.717, 1.165) is 32.1 Å². The first-order valence-electron chi connectivity index (χ1n) is 11.1. The summed E-state index contributed by atoms with van der Waals surface area (Å²) in [6.45, 7) is 5.24. The number of carbonyl (C=O) groups is 3. The molecule has 0 saturated heterocycles. The van der Waals surface area contributed by atoms with Gasteiger partial charge >= 0.3 is 6.09 Å². The van der Waals surface area contributed by atoms with E-state index >= 15 is 0 Å². The van der Waals surface area contributed by atoms with E-state index in [4.69, 9.17) is 28.0 Å². The fourth-order valence-electron chi connectivity index (χ4n) is 3.49. The summed E-state index contributed by atoms with van der Waals surface area (Å²) in [7, 11) is 0. The van der Waals surface area contributed by atoms with Gasteiger partial charge in [0.2, 0.25) is 11.8 Å². The van der Waals surface area contributed by atoms with Crippen LogP contribution in [0.5, 0.6) is 0 Å². The van der Waals surface area contributed by atoms with Gasteiger partial charge in [-0.05, 0) is 39.0 Å². The fraction of sp³-hybridized carbons (Fsp3) is 0.857. The van der Waals surface area contributed by atoms with Crippen LogP contribution in [-0.4, -0.2) is 58.0 Å². The number of nitrogens with one attached hydrogen (secondary N) is 1. The molecule has 2 rings (SSSR count). The zero-order valence-electron chi connectivity index (χ0n) is 19.1. The number of halogens is 1. The number of hydrogen-bond donors (Lipinski definition) is 5. The molecule has 186 valence electrons. The first-order valence-corrected chi connectivity index (χ1v) is 11.4. The first kappa shape index (κ1) is 28.4. The molecular formula is C21H38ClN4O6-. The summed E-state index contributed by atoms with van der Waals surface area (Å²) >= 11 is 5.29. The third-order valence-corrected chi connectivity index (χ3v) is 6.02. The van der Waals surface area contributed by atoms with E-state index < -0.39 is 47.8 Å². The lowest BCUT2D eigenvalue weighted by Gasteiger charge is -2.36. The summed E-state index contributed by atoms with van der Waals surface area (Å²) in [6, 6.07) is -1.22. The number of aliphatic hydroxyl groups excluding tert-OH is 2. The lowest BCUT2D eigenvalue weighted by atomic mass is 9.80. The largest absolute Gasteiger partial charge is 0.570 e. The van der Waals surface area contributed by atoms with Gasteiger partial charge in [0, 0.05) is 0 Å². The van der Waals surface area contributed by atoms with Crippen molar-refractivity contribution in [2.75, 3.05) is 0 Å². The zero-order valence-corrected chi connectivity index (χ0v) is 19.9. The number of alkyl carbamates (subject to hydrolysis) is 1. The Morgan fingerprint density at radius 2 is 1.47 bits per heavy atom. The van der Waals surface area contributed by atoms with Crippen molar-refractivity contribution in [3.63, 3.8) is 0 Å². The minimum Gasteiger partial charge on any atom is -0.570 e. The van der Waals surface area contributed by atoms with Crippen LogP contribution in [0, 0.1) is 11.8 Å². The maximum atomic E-state index is 11.7. The normalized spacial score (nSPS) is 20.3. The standard InChI is InChI=1S/C13H24N2O4.C8H14ClN2O2/c1-13(2,3)19-12(18)15-9(10(16)11(14)17)7-8-5-4-6-8;9-11-6(7(12)8(10)13)4-5-2-1-3-5/h8-10,16H,4-7H2,1-3H3,(H2,14,17)(H,15,18);5-7,12H,1-4H2,(H2,10,13)/q;-1. The van der Waals surface area contributed by atoms with Gasteiger partial charge in [0.15, 0.2) is 6.10 Å². The van der Waals surface area contributed by atoms with Gasteiger partial charge in [-0.25, -0.2) is 4.79 Å². The SMILES string of the molecule is CC(C)(C)OC(=O)NC(CC1CCC1)C(O)C(N)=O.NC(=O)C(O)C(CC1CCC1)[N-]Cl. The van der Waals surface area contributed by atoms with Crippen LogP contribution in [0.2, 0.25) is 0 Å². The topological polar surface area (TPSA) is 179 Å². The number of nitrogens with two attached hydrogens (primary N) is 2. The van der Waals surface area contributed by atoms with E-state index in [1.807, 2.05) is 0 Å². The molecule has 0 aromatic carbocycles. The maximum Gasteiger partial charge on any atom is 0.407 e. The van der Waals surface area contributed by atoms with Crippen molar-refractivity contribution in [3.8, 4) is 0 Å². The minimum absolute atomic E-state index is 0.425. The highest BCUT2D eigenvalue weighted by Crippen LogP contribution is 2.33. The van der Waals surface area contributed by atoms with Gasteiger partial charge in [-0.2, -0.15) is 0 Å². The Kier molecular flexibility index (Phi) is 11.7. The van der Waals surface area contributed by atoms with Crippen molar-refractivity contribution in [2.24, 2.45) is 23.3 Å². The number of rotatable bonds is 10. The summed E-state index contributed by atoms with van der Waals surface area (Å²) in [5.41, 5.74) is 9.41. The number of carbonyl (C=O) groups excluding carboxylic acids is 3. The van der Waals surface area contributed by atoms with E-state index in [9.17, 15) is 24.6 Å². The summed E-state index contributed by atoms with van der Waals surface area (Å²) in [4.78, 5) is 36.9. The third kappa shape index (κ3) is 10.3. The summed E-state index contributed by atoms with van der Waals surface area (Å²) in [5, 5.41) is 21.6. The Morgan fingerprint density at radius 3 is 1.81 bits per heavy atom. The molecule has 10 nitrogen and oxygen atoms in total. The minimum atomic E-state index is -1.38. The summed E-state index contributed by atoms with van der Waals surface area (Å²) in [6.07, 6.45) is 4.68. The molecular weight excluding hydrogens is 440 g/mol. The van der Waals surface area contributed by atoms with Crippen LogP contribution >= 0.6 is 11.8 Å². The van der Waals surface area contributed by atoms with E-state index in [1.54, 1.807) is 20.8 Å². The number of amides is 3. The fourth-order valence-corrected chi connectivity index (χ4v) is 3.68. The Morgan fingerprint density at radius 1 is 1.00 bits per heavy atom. The molecule has 0 heterocycles. The monoisotopic (exact) mass is 477 g/mol. The molecule has 2 aliphatic carbocycles. The number of nitrogens with zero attached hydrogens (tertiary/aromatic N) is 1. The average Bonchev–Trinajstić information content (AvgIpc) is 2.60. The van der Waals surface area contributed by atoms with Crippen molar-refractivity contribution in [1.82, 2.24) is 5.32 Å². The molecule has 0 aromatic heterocycles. The second kappa shape index (κ2) is 13.2. The van der Waals surface area contributed by atoms with Gasteiger partial charge in [-0.3, -0.25) is 21.4 Å². The van der Waals surface area contributed by atoms with Crippen LogP contribution in [0.25, 0.3) is 4.84 Å². The molecule has 0 bridgehead atoms. The van der Waals surface area contributed by atoms with Crippen LogP contribution in [0.1, 0.15) is 72.1 Å². The highest BCUT2D eigenvalue weighted by molar-refractivity contribution is 6.25. The average molecular weight is 478 g/mol. The van der Waals surface area contributed by atoms with E-state index in [2.05, 4.69) is 10.2 Å². The Balaban J connectivity index is 0.000000343. The quantitative estimate of drug-likeness (QED) is 0.320. The van der Waals surface area contributed by atoms with E-state index in [1.165, 1.54) is 6.42 Å². The Bertz CT molecular complexity index is 622. The summed E-state index contributed by atoms with van der Waals surface area (Å²) < 4.78 is 5.12. The summed E-state index contributed by atoms with van der Waals surface area (Å²) in [5.74, 6) is -0.621. The predicted molar refractivity (Wildman–Crippen MR) is 120 cm³/mol. The van der Waals surface area contributed by atoms with Crippen LogP contribution in [0.3, 0.4) is 0 Å². The van der Waals surface area contributed by atoms with Crippen molar-refractivity contribution in [1.29, 1.82) is 0 Å². The lowest BCUT2D eigenvalue weighted by molar-refractivity contribution is -0.128. The van der Waals surface area contributed by atoms with Gasteiger partial charge in [-0.1, -0.05) is 51.0 Å². The molecule has 4 atom stereocenters. The van der Waals surface area contributed by atoms with Gasteiger partial charge < -0.3 is 36.6 Å². The van der Waals surface area contributed by atoms with E-state index in [0.29, 0.717) is 24.7 Å². The van der Waals surface area contributed by atoms with Gasteiger partial charge in [-0.15, -0.1) is 0 Å². The molecule has 0 aromatic rings.